The van der Waals surface area contributed by atoms with E-state index in [-0.39, 0.29) is 17.3 Å². The molecule has 4 N–H and O–H groups in total. The number of nitrogens with zero attached hydrogens (tertiary/aromatic N) is 2. The number of benzene rings is 1. The van der Waals surface area contributed by atoms with E-state index in [2.05, 4.69) is 15.6 Å². The molecule has 0 saturated carbocycles. The number of halogens is 2. The van der Waals surface area contributed by atoms with Gasteiger partial charge in [-0.15, -0.1) is 0 Å². The third kappa shape index (κ3) is 4.04. The van der Waals surface area contributed by atoms with Gasteiger partial charge in [-0.25, -0.2) is 9.78 Å². The number of fused-ring (bicyclic) bond motifs is 1. The standard InChI is InChI=1S/C16H21F2N5O2/c1-8(2)12(22-16(19)25)14(24)20-9(3)13-21-10-6-4-5-7-11(10)23(13)15(17)18/h4-9,12,15H,1-3H3,(H,20,24)(H3,19,22,25)/t9-,12+/m1/s1. The number of para-hydroxylation sites is 2. The second-order valence-corrected chi connectivity index (χ2v) is 6.07. The number of nitrogens with two attached hydrogens (primary N) is 1. The van der Waals surface area contributed by atoms with E-state index >= 15 is 0 Å². The van der Waals surface area contributed by atoms with Gasteiger partial charge in [0.1, 0.15) is 11.9 Å². The van der Waals surface area contributed by atoms with Gasteiger partial charge in [0, 0.05) is 0 Å². The van der Waals surface area contributed by atoms with Crippen LogP contribution in [0.5, 0.6) is 0 Å². The molecule has 0 aliphatic carbocycles. The first-order valence-corrected chi connectivity index (χ1v) is 7.83. The third-order valence-electron chi connectivity index (χ3n) is 3.81. The fourth-order valence-electron chi connectivity index (χ4n) is 2.63. The molecule has 0 fully saturated rings. The maximum atomic E-state index is 13.5. The monoisotopic (exact) mass is 353 g/mol. The zero-order valence-electron chi connectivity index (χ0n) is 14.2. The van der Waals surface area contributed by atoms with E-state index in [0.29, 0.717) is 5.52 Å². The van der Waals surface area contributed by atoms with E-state index < -0.39 is 30.6 Å². The quantitative estimate of drug-likeness (QED) is 0.742. The molecule has 2 rings (SSSR count). The zero-order valence-corrected chi connectivity index (χ0v) is 14.2. The third-order valence-corrected chi connectivity index (χ3v) is 3.81. The van der Waals surface area contributed by atoms with E-state index in [9.17, 15) is 18.4 Å². The van der Waals surface area contributed by atoms with Gasteiger partial charge in [0.25, 0.3) is 0 Å². The molecule has 25 heavy (non-hydrogen) atoms. The van der Waals surface area contributed by atoms with Crippen LogP contribution in [0.2, 0.25) is 0 Å². The van der Waals surface area contributed by atoms with E-state index in [1.54, 1.807) is 39.0 Å². The van der Waals surface area contributed by atoms with Crippen LogP contribution in [0.25, 0.3) is 11.0 Å². The minimum absolute atomic E-state index is 0.0335. The Balaban J connectivity index is 2.30. The summed E-state index contributed by atoms with van der Waals surface area (Å²) in [5, 5.41) is 4.96. The largest absolute Gasteiger partial charge is 0.352 e. The summed E-state index contributed by atoms with van der Waals surface area (Å²) in [4.78, 5) is 27.7. The first kappa shape index (κ1) is 18.6. The summed E-state index contributed by atoms with van der Waals surface area (Å²) in [5.41, 5.74) is 5.77. The molecule has 7 nitrogen and oxygen atoms in total. The number of urea groups is 1. The van der Waals surface area contributed by atoms with Crippen molar-refractivity contribution >= 4 is 23.0 Å². The Bertz CT molecular complexity index is 775. The number of imidazole rings is 1. The second kappa shape index (κ2) is 7.45. The van der Waals surface area contributed by atoms with Crippen LogP contribution >= 0.6 is 0 Å². The first-order chi connectivity index (χ1) is 11.7. The van der Waals surface area contributed by atoms with Crippen LogP contribution in [0, 0.1) is 5.92 Å². The molecule has 1 aromatic carbocycles. The Morgan fingerprint density at radius 2 is 1.80 bits per heavy atom. The minimum Gasteiger partial charge on any atom is -0.352 e. The van der Waals surface area contributed by atoms with Gasteiger partial charge in [-0.1, -0.05) is 26.0 Å². The Morgan fingerprint density at radius 3 is 2.36 bits per heavy atom. The normalized spacial score (nSPS) is 13.9. The highest BCUT2D eigenvalue weighted by atomic mass is 19.3. The zero-order chi connectivity index (χ0) is 18.7. The lowest BCUT2D eigenvalue weighted by Crippen LogP contribution is -2.51. The van der Waals surface area contributed by atoms with Crippen molar-refractivity contribution in [1.82, 2.24) is 20.2 Å². The number of alkyl halides is 2. The Labute approximate surface area is 143 Å². The van der Waals surface area contributed by atoms with Crippen molar-refractivity contribution in [3.05, 3.63) is 30.1 Å². The van der Waals surface area contributed by atoms with Crippen molar-refractivity contribution < 1.29 is 18.4 Å². The summed E-state index contributed by atoms with van der Waals surface area (Å²) in [6.45, 7) is 2.23. The predicted molar refractivity (Wildman–Crippen MR) is 88.9 cm³/mol. The maximum absolute atomic E-state index is 13.5. The fraction of sp³-hybridized carbons (Fsp3) is 0.438. The predicted octanol–water partition coefficient (Wildman–Crippen LogP) is 2.30. The summed E-state index contributed by atoms with van der Waals surface area (Å²) in [6.07, 6.45) is 0. The van der Waals surface area contributed by atoms with Gasteiger partial charge < -0.3 is 16.4 Å². The van der Waals surface area contributed by atoms with Gasteiger partial charge in [0.15, 0.2) is 0 Å². The average Bonchev–Trinajstić information content (AvgIpc) is 2.91. The van der Waals surface area contributed by atoms with E-state index in [1.165, 1.54) is 6.07 Å². The van der Waals surface area contributed by atoms with E-state index in [1.807, 2.05) is 0 Å². The van der Waals surface area contributed by atoms with Crippen LogP contribution in [-0.4, -0.2) is 27.5 Å². The fourth-order valence-corrected chi connectivity index (χ4v) is 2.63. The second-order valence-electron chi connectivity index (χ2n) is 6.07. The van der Waals surface area contributed by atoms with Crippen molar-refractivity contribution in [2.24, 2.45) is 11.7 Å². The highest BCUT2D eigenvalue weighted by Crippen LogP contribution is 2.26. The molecule has 0 radical (unpaired) electrons. The number of carbonyl (C=O) groups excluding carboxylic acids is 2. The van der Waals surface area contributed by atoms with Crippen LogP contribution < -0.4 is 16.4 Å². The van der Waals surface area contributed by atoms with Crippen molar-refractivity contribution in [3.8, 4) is 0 Å². The number of hydrogen-bond donors (Lipinski definition) is 3. The molecule has 3 amide bonds. The number of amides is 3. The van der Waals surface area contributed by atoms with Gasteiger partial charge >= 0.3 is 12.6 Å². The molecular weight excluding hydrogens is 332 g/mol. The molecule has 9 heteroatoms. The van der Waals surface area contributed by atoms with Gasteiger partial charge in [-0.3, -0.25) is 9.36 Å². The van der Waals surface area contributed by atoms with Gasteiger partial charge in [0.05, 0.1) is 17.1 Å². The first-order valence-electron chi connectivity index (χ1n) is 7.83. The highest BCUT2D eigenvalue weighted by Gasteiger charge is 2.28. The van der Waals surface area contributed by atoms with Crippen molar-refractivity contribution in [2.75, 3.05) is 0 Å². The molecule has 1 aromatic heterocycles. The molecule has 0 aliphatic heterocycles. The summed E-state index contributed by atoms with van der Waals surface area (Å²) >= 11 is 0. The smallest absolute Gasteiger partial charge is 0.320 e. The number of carbonyl (C=O) groups is 2. The molecule has 0 aliphatic rings. The lowest BCUT2D eigenvalue weighted by molar-refractivity contribution is -0.124. The van der Waals surface area contributed by atoms with Crippen molar-refractivity contribution in [2.45, 2.75) is 39.4 Å². The number of primary amides is 1. The van der Waals surface area contributed by atoms with Gasteiger partial charge in [0.2, 0.25) is 5.91 Å². The lowest BCUT2D eigenvalue weighted by atomic mass is 10.0. The molecule has 136 valence electrons. The SMILES string of the molecule is CC(C)[C@H](NC(N)=O)C(=O)N[C@H](C)c1nc2ccccc2n1C(F)F. The molecule has 1 heterocycles. The van der Waals surface area contributed by atoms with Gasteiger partial charge in [-0.2, -0.15) is 8.78 Å². The van der Waals surface area contributed by atoms with Crippen LogP contribution in [0.15, 0.2) is 24.3 Å². The van der Waals surface area contributed by atoms with Crippen LogP contribution in [0.3, 0.4) is 0 Å². The Kier molecular flexibility index (Phi) is 5.55. The molecule has 0 unspecified atom stereocenters. The molecule has 0 bridgehead atoms. The molecule has 0 saturated heterocycles. The van der Waals surface area contributed by atoms with Crippen LogP contribution in [0.1, 0.15) is 39.2 Å². The minimum atomic E-state index is -2.80. The molecule has 2 atom stereocenters. The van der Waals surface area contributed by atoms with E-state index in [0.717, 1.165) is 4.57 Å². The Hall–Kier alpha value is -2.71. The molecule has 0 spiro atoms. The number of hydrogen-bond acceptors (Lipinski definition) is 3. The number of rotatable bonds is 6. The van der Waals surface area contributed by atoms with Crippen molar-refractivity contribution in [3.63, 3.8) is 0 Å². The number of aromatic nitrogens is 2. The number of nitrogens with one attached hydrogen (secondary N) is 2. The summed E-state index contributed by atoms with van der Waals surface area (Å²) in [5.74, 6) is -0.714. The highest BCUT2D eigenvalue weighted by molar-refractivity contribution is 5.87. The summed E-state index contributed by atoms with van der Waals surface area (Å²) < 4.78 is 27.8. The average molecular weight is 353 g/mol. The topological polar surface area (TPSA) is 102 Å². The lowest BCUT2D eigenvalue weighted by Gasteiger charge is -2.23. The van der Waals surface area contributed by atoms with Crippen molar-refractivity contribution in [1.29, 1.82) is 0 Å². The summed E-state index contributed by atoms with van der Waals surface area (Å²) in [7, 11) is 0. The van der Waals surface area contributed by atoms with Crippen LogP contribution in [-0.2, 0) is 4.79 Å². The summed E-state index contributed by atoms with van der Waals surface area (Å²) in [6, 6.07) is 4.01. The van der Waals surface area contributed by atoms with Gasteiger partial charge in [-0.05, 0) is 25.0 Å². The molecular formula is C16H21F2N5O2. The van der Waals surface area contributed by atoms with E-state index in [4.69, 9.17) is 5.73 Å². The molecule has 2 aromatic rings. The van der Waals surface area contributed by atoms with Crippen LogP contribution in [0.4, 0.5) is 13.6 Å². The maximum Gasteiger partial charge on any atom is 0.320 e. The Morgan fingerprint density at radius 1 is 1.16 bits per heavy atom.